The normalized spacial score (nSPS) is 21.8. The van der Waals surface area contributed by atoms with Crippen LogP contribution in [0.15, 0.2) is 4.99 Å². The number of nitrogens with one attached hydrogen (secondary N) is 1. The van der Waals surface area contributed by atoms with Gasteiger partial charge in [-0.1, -0.05) is 25.7 Å². The number of methoxy groups -OCH3 is 1. The van der Waals surface area contributed by atoms with Gasteiger partial charge in [-0.2, -0.15) is 0 Å². The third-order valence-electron chi connectivity index (χ3n) is 5.52. The van der Waals surface area contributed by atoms with Crippen LogP contribution in [0.3, 0.4) is 0 Å². The van der Waals surface area contributed by atoms with Crippen LogP contribution in [0.1, 0.15) is 57.8 Å². The van der Waals surface area contributed by atoms with Gasteiger partial charge in [0.05, 0.1) is 13.2 Å². The van der Waals surface area contributed by atoms with Crippen LogP contribution < -0.4 is 5.32 Å². The Labute approximate surface area is 148 Å². The Balaban J connectivity index is 1.73. The van der Waals surface area contributed by atoms with Crippen LogP contribution in [0.4, 0.5) is 0 Å². The molecule has 0 radical (unpaired) electrons. The van der Waals surface area contributed by atoms with Crippen LogP contribution in [0.5, 0.6) is 0 Å². The standard InChI is InChI=1S/C19H37N3O2/c1-20-18(21-12-8-14-24-16-15-23-2)22-13-7-11-19(17-22)9-5-3-4-6-10-19/h3-17H2,1-2H3,(H,20,21). The van der Waals surface area contributed by atoms with Gasteiger partial charge in [-0.05, 0) is 37.5 Å². The average Bonchev–Trinajstić information content (AvgIpc) is 2.83. The van der Waals surface area contributed by atoms with Crippen LogP contribution in [0.2, 0.25) is 0 Å². The predicted octanol–water partition coefficient (Wildman–Crippen LogP) is 3.05. The van der Waals surface area contributed by atoms with Crippen molar-refractivity contribution in [3.63, 3.8) is 0 Å². The maximum absolute atomic E-state index is 5.52. The minimum Gasteiger partial charge on any atom is -0.382 e. The highest BCUT2D eigenvalue weighted by Gasteiger charge is 2.36. The number of nitrogens with zero attached hydrogens (tertiary/aromatic N) is 2. The van der Waals surface area contributed by atoms with Crippen molar-refractivity contribution in [2.45, 2.75) is 57.8 Å². The van der Waals surface area contributed by atoms with Crippen LogP contribution in [-0.4, -0.2) is 64.5 Å². The van der Waals surface area contributed by atoms with Crippen molar-refractivity contribution in [3.8, 4) is 0 Å². The molecule has 0 aromatic heterocycles. The second-order valence-corrected chi connectivity index (χ2v) is 7.37. The zero-order valence-electron chi connectivity index (χ0n) is 15.8. The van der Waals surface area contributed by atoms with E-state index in [2.05, 4.69) is 15.2 Å². The number of aliphatic imine (C=N–C) groups is 1. The summed E-state index contributed by atoms with van der Waals surface area (Å²) in [6.45, 7) is 5.38. The third-order valence-corrected chi connectivity index (χ3v) is 5.52. The van der Waals surface area contributed by atoms with Crippen molar-refractivity contribution < 1.29 is 9.47 Å². The molecule has 1 N–H and O–H groups in total. The van der Waals surface area contributed by atoms with Gasteiger partial charge in [-0.15, -0.1) is 0 Å². The number of hydrogen-bond donors (Lipinski definition) is 1. The molecule has 0 amide bonds. The number of ether oxygens (including phenoxy) is 2. The lowest BCUT2D eigenvalue weighted by atomic mass is 9.74. The highest BCUT2D eigenvalue weighted by Crippen LogP contribution is 2.42. The lowest BCUT2D eigenvalue weighted by Gasteiger charge is -2.44. The summed E-state index contributed by atoms with van der Waals surface area (Å²) in [7, 11) is 3.61. The van der Waals surface area contributed by atoms with E-state index in [-0.39, 0.29) is 0 Å². The zero-order chi connectivity index (χ0) is 17.1. The summed E-state index contributed by atoms with van der Waals surface area (Å²) in [5, 5.41) is 3.53. The second kappa shape index (κ2) is 10.9. The molecule has 1 aliphatic carbocycles. The average molecular weight is 340 g/mol. The molecule has 1 aliphatic heterocycles. The molecule has 1 heterocycles. The lowest BCUT2D eigenvalue weighted by molar-refractivity contribution is 0.0696. The van der Waals surface area contributed by atoms with Crippen molar-refractivity contribution in [1.29, 1.82) is 0 Å². The molecule has 1 saturated carbocycles. The van der Waals surface area contributed by atoms with E-state index in [0.717, 1.165) is 32.1 Å². The van der Waals surface area contributed by atoms with E-state index in [4.69, 9.17) is 9.47 Å². The summed E-state index contributed by atoms with van der Waals surface area (Å²) in [5.74, 6) is 1.08. The van der Waals surface area contributed by atoms with Gasteiger partial charge in [0.25, 0.3) is 0 Å². The number of piperidine rings is 1. The summed E-state index contributed by atoms with van der Waals surface area (Å²) in [6, 6.07) is 0. The van der Waals surface area contributed by atoms with Crippen molar-refractivity contribution >= 4 is 5.96 Å². The first kappa shape index (κ1) is 19.5. The second-order valence-electron chi connectivity index (χ2n) is 7.37. The zero-order valence-corrected chi connectivity index (χ0v) is 15.8. The molecule has 24 heavy (non-hydrogen) atoms. The van der Waals surface area contributed by atoms with E-state index < -0.39 is 0 Å². The van der Waals surface area contributed by atoms with Crippen molar-refractivity contribution in [2.24, 2.45) is 10.4 Å². The monoisotopic (exact) mass is 339 g/mol. The maximum Gasteiger partial charge on any atom is 0.193 e. The number of hydrogen-bond acceptors (Lipinski definition) is 3. The molecule has 0 unspecified atom stereocenters. The van der Waals surface area contributed by atoms with Crippen LogP contribution in [0, 0.1) is 5.41 Å². The van der Waals surface area contributed by atoms with E-state index in [0.29, 0.717) is 18.6 Å². The first-order chi connectivity index (χ1) is 11.8. The highest BCUT2D eigenvalue weighted by molar-refractivity contribution is 5.80. The van der Waals surface area contributed by atoms with Gasteiger partial charge in [0.1, 0.15) is 0 Å². The van der Waals surface area contributed by atoms with Crippen molar-refractivity contribution in [2.75, 3.05) is 53.6 Å². The number of guanidine groups is 1. The van der Waals surface area contributed by atoms with E-state index in [9.17, 15) is 0 Å². The Bertz CT molecular complexity index is 366. The molecular formula is C19H37N3O2. The fourth-order valence-corrected chi connectivity index (χ4v) is 4.23. The molecule has 0 bridgehead atoms. The van der Waals surface area contributed by atoms with Crippen LogP contribution in [-0.2, 0) is 9.47 Å². The molecule has 2 fully saturated rings. The lowest BCUT2D eigenvalue weighted by Crippen LogP contribution is -2.50. The Hall–Kier alpha value is -0.810. The minimum absolute atomic E-state index is 0.551. The van der Waals surface area contributed by atoms with Gasteiger partial charge in [-0.25, -0.2) is 0 Å². The fourth-order valence-electron chi connectivity index (χ4n) is 4.23. The topological polar surface area (TPSA) is 46.1 Å². The molecule has 1 saturated heterocycles. The summed E-state index contributed by atoms with van der Waals surface area (Å²) < 4.78 is 10.5. The Morgan fingerprint density at radius 1 is 1.04 bits per heavy atom. The Kier molecular flexibility index (Phi) is 8.89. The first-order valence-electron chi connectivity index (χ1n) is 9.82. The van der Waals surface area contributed by atoms with Gasteiger partial charge in [0.2, 0.25) is 0 Å². The summed E-state index contributed by atoms with van der Waals surface area (Å²) in [5.41, 5.74) is 0.551. The number of rotatable bonds is 7. The Morgan fingerprint density at radius 2 is 1.79 bits per heavy atom. The van der Waals surface area contributed by atoms with Gasteiger partial charge >= 0.3 is 0 Å². The SMILES string of the molecule is CN=C(NCCCOCCOC)N1CCCC2(CCCCCC2)C1. The van der Waals surface area contributed by atoms with E-state index in [1.165, 1.54) is 57.9 Å². The molecule has 0 aromatic rings. The first-order valence-corrected chi connectivity index (χ1v) is 9.82. The molecule has 5 heteroatoms. The third kappa shape index (κ3) is 6.25. The minimum atomic E-state index is 0.551. The van der Waals surface area contributed by atoms with Crippen molar-refractivity contribution in [1.82, 2.24) is 10.2 Å². The van der Waals surface area contributed by atoms with E-state index >= 15 is 0 Å². The molecule has 0 atom stereocenters. The largest absolute Gasteiger partial charge is 0.382 e. The molecular weight excluding hydrogens is 302 g/mol. The molecule has 140 valence electrons. The Morgan fingerprint density at radius 3 is 2.50 bits per heavy atom. The van der Waals surface area contributed by atoms with E-state index in [1.807, 2.05) is 7.05 Å². The summed E-state index contributed by atoms with van der Waals surface area (Å²) in [6.07, 6.45) is 12.2. The summed E-state index contributed by atoms with van der Waals surface area (Å²) in [4.78, 5) is 7.03. The molecule has 2 rings (SSSR count). The number of likely N-dealkylation sites (tertiary alicyclic amines) is 1. The quantitative estimate of drug-likeness (QED) is 0.440. The smallest absolute Gasteiger partial charge is 0.193 e. The van der Waals surface area contributed by atoms with Gasteiger partial charge in [0, 0.05) is 40.4 Å². The van der Waals surface area contributed by atoms with Crippen molar-refractivity contribution in [3.05, 3.63) is 0 Å². The van der Waals surface area contributed by atoms with Crippen LogP contribution >= 0.6 is 0 Å². The summed E-state index contributed by atoms with van der Waals surface area (Å²) >= 11 is 0. The van der Waals surface area contributed by atoms with Crippen LogP contribution in [0.25, 0.3) is 0 Å². The highest BCUT2D eigenvalue weighted by atomic mass is 16.5. The van der Waals surface area contributed by atoms with Gasteiger partial charge in [-0.3, -0.25) is 4.99 Å². The predicted molar refractivity (Wildman–Crippen MR) is 99.6 cm³/mol. The van der Waals surface area contributed by atoms with E-state index in [1.54, 1.807) is 7.11 Å². The van der Waals surface area contributed by atoms with Gasteiger partial charge in [0.15, 0.2) is 5.96 Å². The van der Waals surface area contributed by atoms with Gasteiger partial charge < -0.3 is 19.7 Å². The molecule has 1 spiro atoms. The fraction of sp³-hybridized carbons (Fsp3) is 0.947. The molecule has 5 nitrogen and oxygen atoms in total. The molecule has 0 aromatic carbocycles. The maximum atomic E-state index is 5.52. The molecule has 2 aliphatic rings.